The van der Waals surface area contributed by atoms with Crippen molar-refractivity contribution in [3.8, 4) is 0 Å². The van der Waals surface area contributed by atoms with Gasteiger partial charge in [-0.25, -0.2) is 4.79 Å². The standard InChI is InChI=1S/C11H11ClO3/c1-6-4-9(7(2)13)10(12)5-8(6)11(14)15-3/h4-5H,1-3H3. The lowest BCUT2D eigenvalue weighted by Gasteiger charge is -2.07. The second kappa shape index (κ2) is 4.45. The molecule has 0 radical (unpaired) electrons. The van der Waals surface area contributed by atoms with Crippen LogP contribution in [0.2, 0.25) is 5.02 Å². The molecule has 0 N–H and O–H groups in total. The van der Waals surface area contributed by atoms with Crippen LogP contribution in [0.25, 0.3) is 0 Å². The van der Waals surface area contributed by atoms with E-state index in [1.54, 1.807) is 13.0 Å². The predicted molar refractivity (Wildman–Crippen MR) is 57.5 cm³/mol. The van der Waals surface area contributed by atoms with E-state index in [4.69, 9.17) is 11.6 Å². The highest BCUT2D eigenvalue weighted by atomic mass is 35.5. The summed E-state index contributed by atoms with van der Waals surface area (Å²) in [7, 11) is 1.30. The Morgan fingerprint density at radius 3 is 2.33 bits per heavy atom. The summed E-state index contributed by atoms with van der Waals surface area (Å²) in [5, 5.41) is 0.272. The van der Waals surface area contributed by atoms with Crippen LogP contribution < -0.4 is 0 Å². The predicted octanol–water partition coefficient (Wildman–Crippen LogP) is 2.64. The van der Waals surface area contributed by atoms with Crippen LogP contribution in [0.15, 0.2) is 12.1 Å². The Labute approximate surface area is 93.0 Å². The van der Waals surface area contributed by atoms with E-state index in [-0.39, 0.29) is 10.8 Å². The van der Waals surface area contributed by atoms with Gasteiger partial charge in [0, 0.05) is 5.56 Å². The summed E-state index contributed by atoms with van der Waals surface area (Å²) in [6.45, 7) is 3.16. The number of benzene rings is 1. The maximum Gasteiger partial charge on any atom is 0.338 e. The lowest BCUT2D eigenvalue weighted by Crippen LogP contribution is -2.06. The molecular formula is C11H11ClO3. The number of Topliss-reactive ketones (excluding diaryl/α,β-unsaturated/α-hetero) is 1. The molecule has 1 aromatic carbocycles. The van der Waals surface area contributed by atoms with Gasteiger partial charge in [-0.15, -0.1) is 0 Å². The van der Waals surface area contributed by atoms with Crippen LogP contribution in [0.5, 0.6) is 0 Å². The third-order valence-electron chi connectivity index (χ3n) is 2.10. The Morgan fingerprint density at radius 2 is 1.87 bits per heavy atom. The van der Waals surface area contributed by atoms with Gasteiger partial charge >= 0.3 is 5.97 Å². The van der Waals surface area contributed by atoms with Crippen molar-refractivity contribution in [2.24, 2.45) is 0 Å². The van der Waals surface area contributed by atoms with Crippen LogP contribution in [0.1, 0.15) is 33.2 Å². The number of esters is 1. The highest BCUT2D eigenvalue weighted by Gasteiger charge is 2.14. The third kappa shape index (κ3) is 2.36. The van der Waals surface area contributed by atoms with Crippen molar-refractivity contribution in [3.63, 3.8) is 0 Å². The van der Waals surface area contributed by atoms with Gasteiger partial charge in [-0.3, -0.25) is 4.79 Å². The van der Waals surface area contributed by atoms with Gasteiger partial charge in [-0.2, -0.15) is 0 Å². The molecule has 0 aliphatic rings. The van der Waals surface area contributed by atoms with E-state index in [0.29, 0.717) is 16.7 Å². The number of carbonyl (C=O) groups excluding carboxylic acids is 2. The summed E-state index contributed by atoms with van der Waals surface area (Å²) in [6.07, 6.45) is 0. The molecule has 4 heteroatoms. The molecule has 0 atom stereocenters. The van der Waals surface area contributed by atoms with E-state index in [1.165, 1.54) is 20.1 Å². The maximum absolute atomic E-state index is 11.3. The largest absolute Gasteiger partial charge is 0.465 e. The number of carbonyl (C=O) groups is 2. The molecule has 80 valence electrons. The van der Waals surface area contributed by atoms with Crippen molar-refractivity contribution in [2.75, 3.05) is 7.11 Å². The third-order valence-corrected chi connectivity index (χ3v) is 2.41. The van der Waals surface area contributed by atoms with Gasteiger partial charge in [0.1, 0.15) is 0 Å². The molecule has 0 heterocycles. The minimum Gasteiger partial charge on any atom is -0.465 e. The van der Waals surface area contributed by atoms with E-state index in [0.717, 1.165) is 0 Å². The van der Waals surface area contributed by atoms with Gasteiger partial charge in [-0.1, -0.05) is 11.6 Å². The van der Waals surface area contributed by atoms with Gasteiger partial charge in [0.15, 0.2) is 5.78 Å². The zero-order valence-corrected chi connectivity index (χ0v) is 9.51. The molecule has 0 aromatic heterocycles. The van der Waals surface area contributed by atoms with Crippen LogP contribution in [0.4, 0.5) is 0 Å². The Balaban J connectivity index is 3.31. The Morgan fingerprint density at radius 1 is 1.27 bits per heavy atom. The first-order chi connectivity index (χ1) is 6.97. The van der Waals surface area contributed by atoms with E-state index < -0.39 is 5.97 Å². The number of methoxy groups -OCH3 is 1. The Hall–Kier alpha value is -1.35. The van der Waals surface area contributed by atoms with Gasteiger partial charge in [0.2, 0.25) is 0 Å². The first-order valence-electron chi connectivity index (χ1n) is 4.36. The molecule has 0 saturated carbocycles. The normalized spacial score (nSPS) is 9.87. The van der Waals surface area contributed by atoms with Gasteiger partial charge in [0.05, 0.1) is 17.7 Å². The van der Waals surface area contributed by atoms with Crippen molar-refractivity contribution in [2.45, 2.75) is 13.8 Å². The monoisotopic (exact) mass is 226 g/mol. The summed E-state index contributed by atoms with van der Waals surface area (Å²) >= 11 is 5.87. The van der Waals surface area contributed by atoms with Crippen LogP contribution in [0.3, 0.4) is 0 Å². The van der Waals surface area contributed by atoms with Crippen LogP contribution in [-0.4, -0.2) is 18.9 Å². The van der Waals surface area contributed by atoms with Crippen LogP contribution in [-0.2, 0) is 4.74 Å². The fourth-order valence-corrected chi connectivity index (χ4v) is 1.58. The van der Waals surface area contributed by atoms with Crippen molar-refractivity contribution < 1.29 is 14.3 Å². The molecule has 0 aliphatic heterocycles. The number of rotatable bonds is 2. The second-order valence-corrected chi connectivity index (χ2v) is 3.60. The quantitative estimate of drug-likeness (QED) is 0.575. The van der Waals surface area contributed by atoms with E-state index in [2.05, 4.69) is 4.74 Å². The van der Waals surface area contributed by atoms with E-state index in [9.17, 15) is 9.59 Å². The Bertz CT molecular complexity index is 424. The number of hydrogen-bond acceptors (Lipinski definition) is 3. The fourth-order valence-electron chi connectivity index (χ4n) is 1.28. The minimum absolute atomic E-state index is 0.125. The molecule has 15 heavy (non-hydrogen) atoms. The smallest absolute Gasteiger partial charge is 0.338 e. The topological polar surface area (TPSA) is 43.4 Å². The van der Waals surface area contributed by atoms with E-state index >= 15 is 0 Å². The zero-order chi connectivity index (χ0) is 11.6. The zero-order valence-electron chi connectivity index (χ0n) is 8.76. The average molecular weight is 227 g/mol. The first-order valence-corrected chi connectivity index (χ1v) is 4.74. The lowest BCUT2D eigenvalue weighted by molar-refractivity contribution is 0.0599. The van der Waals surface area contributed by atoms with Crippen molar-refractivity contribution >= 4 is 23.4 Å². The molecule has 1 aromatic rings. The minimum atomic E-state index is -0.454. The summed E-state index contributed by atoms with van der Waals surface area (Å²) in [6, 6.07) is 3.05. The number of ketones is 1. The highest BCUT2D eigenvalue weighted by molar-refractivity contribution is 6.34. The summed E-state index contributed by atoms with van der Waals surface area (Å²) in [5.41, 5.74) is 1.48. The van der Waals surface area contributed by atoms with Crippen molar-refractivity contribution in [3.05, 3.63) is 33.8 Å². The van der Waals surface area contributed by atoms with E-state index in [1.807, 2.05) is 0 Å². The average Bonchev–Trinajstić information content (AvgIpc) is 2.19. The lowest BCUT2D eigenvalue weighted by atomic mass is 10.0. The highest BCUT2D eigenvalue weighted by Crippen LogP contribution is 2.22. The molecule has 0 saturated heterocycles. The number of hydrogen-bond donors (Lipinski definition) is 0. The fraction of sp³-hybridized carbons (Fsp3) is 0.273. The number of ether oxygens (including phenoxy) is 1. The molecular weight excluding hydrogens is 216 g/mol. The van der Waals surface area contributed by atoms with Gasteiger partial charge in [0.25, 0.3) is 0 Å². The second-order valence-electron chi connectivity index (χ2n) is 3.19. The molecule has 0 fully saturated rings. The number of aryl methyl sites for hydroxylation is 1. The van der Waals surface area contributed by atoms with Crippen molar-refractivity contribution in [1.29, 1.82) is 0 Å². The molecule has 1 rings (SSSR count). The van der Waals surface area contributed by atoms with Gasteiger partial charge < -0.3 is 4.74 Å². The van der Waals surface area contributed by atoms with Crippen LogP contribution >= 0.6 is 11.6 Å². The summed E-state index contributed by atoms with van der Waals surface area (Å²) in [4.78, 5) is 22.5. The van der Waals surface area contributed by atoms with Gasteiger partial charge in [-0.05, 0) is 31.5 Å². The molecule has 0 bridgehead atoms. The SMILES string of the molecule is COC(=O)c1cc(Cl)c(C(C)=O)cc1C. The molecule has 3 nitrogen and oxygen atoms in total. The summed E-state index contributed by atoms with van der Waals surface area (Å²) in [5.74, 6) is -0.580. The molecule has 0 aliphatic carbocycles. The maximum atomic E-state index is 11.3. The molecule has 0 unspecified atom stereocenters. The summed E-state index contributed by atoms with van der Waals surface area (Å²) < 4.78 is 4.59. The number of halogens is 1. The molecule has 0 amide bonds. The molecule has 0 spiro atoms. The Kier molecular flexibility index (Phi) is 3.48. The van der Waals surface area contributed by atoms with Crippen LogP contribution in [0, 0.1) is 6.92 Å². The first kappa shape index (κ1) is 11.7. The van der Waals surface area contributed by atoms with Crippen molar-refractivity contribution in [1.82, 2.24) is 0 Å².